The fourth-order valence-electron chi connectivity index (χ4n) is 9.41. The van der Waals surface area contributed by atoms with Gasteiger partial charge in [-0.05, 0) is 54.6 Å². The van der Waals surface area contributed by atoms with Crippen molar-refractivity contribution in [3.63, 3.8) is 0 Å². The molecule has 3 aromatic carbocycles. The summed E-state index contributed by atoms with van der Waals surface area (Å²) in [6.07, 6.45) is 4.83. The number of hydrazine groups is 1. The van der Waals surface area contributed by atoms with Crippen molar-refractivity contribution in [1.29, 1.82) is 0 Å². The highest BCUT2D eigenvalue weighted by Crippen LogP contribution is 2.35. The van der Waals surface area contributed by atoms with Crippen LogP contribution in [0.2, 0.25) is 0 Å². The lowest BCUT2D eigenvalue weighted by Gasteiger charge is -2.55. The molecule has 2 unspecified atom stereocenters. The molecule has 4 atom stereocenters. The third kappa shape index (κ3) is 6.89. The molecule has 8 rings (SSSR count). The molecule has 4 amide bonds. The van der Waals surface area contributed by atoms with Crippen LogP contribution in [0.15, 0.2) is 91.6 Å². The molecular weight excluding hydrogens is 695 g/mol. The van der Waals surface area contributed by atoms with Gasteiger partial charge in [0.05, 0.1) is 24.2 Å². The van der Waals surface area contributed by atoms with Crippen molar-refractivity contribution >= 4 is 34.5 Å². The van der Waals surface area contributed by atoms with Gasteiger partial charge in [0.2, 0.25) is 17.7 Å². The Kier molecular flexibility index (Phi) is 9.95. The number of nitrogens with zero attached hydrogens (tertiary/aromatic N) is 7. The summed E-state index contributed by atoms with van der Waals surface area (Å²) in [5.74, 6) is 0.0466. The van der Waals surface area contributed by atoms with Gasteiger partial charge >= 0.3 is 0 Å². The number of hydrogen-bond donors (Lipinski definition) is 1. The van der Waals surface area contributed by atoms with E-state index in [2.05, 4.69) is 18.5 Å². The van der Waals surface area contributed by atoms with Crippen LogP contribution in [0.5, 0.6) is 5.75 Å². The number of rotatable bonds is 10. The van der Waals surface area contributed by atoms with Crippen LogP contribution in [0.25, 0.3) is 10.9 Å². The Bertz CT molecular complexity index is 2120. The largest absolute Gasteiger partial charge is 0.508 e. The van der Waals surface area contributed by atoms with Gasteiger partial charge in [-0.1, -0.05) is 66.7 Å². The Hall–Kier alpha value is -5.46. The molecule has 12 nitrogen and oxygen atoms in total. The number of piperazine rings is 1. The quantitative estimate of drug-likeness (QED) is 0.247. The van der Waals surface area contributed by atoms with Crippen LogP contribution >= 0.6 is 0 Å². The summed E-state index contributed by atoms with van der Waals surface area (Å²) in [6, 6.07) is 21.7. The van der Waals surface area contributed by atoms with Gasteiger partial charge in [-0.3, -0.25) is 19.2 Å². The first-order valence-corrected chi connectivity index (χ1v) is 19.3. The molecular formula is C43H49N7O5. The van der Waals surface area contributed by atoms with Crippen LogP contribution in [0.3, 0.4) is 0 Å². The van der Waals surface area contributed by atoms with E-state index < -0.39 is 12.2 Å². The van der Waals surface area contributed by atoms with Gasteiger partial charge < -0.3 is 29.3 Å². The number of fused-ring (bicyclic) bond motifs is 3. The van der Waals surface area contributed by atoms with Crippen molar-refractivity contribution in [3.05, 3.63) is 114 Å². The Morgan fingerprint density at radius 1 is 0.927 bits per heavy atom. The number of carbonyl (C=O) groups excluding carboxylic acids is 4. The van der Waals surface area contributed by atoms with Gasteiger partial charge in [0.15, 0.2) is 0 Å². The van der Waals surface area contributed by atoms with Crippen LogP contribution in [0.4, 0.5) is 0 Å². The molecule has 12 heteroatoms. The second-order valence-corrected chi connectivity index (χ2v) is 15.5. The topological polar surface area (TPSA) is 113 Å². The molecule has 1 N–H and O–H groups in total. The van der Waals surface area contributed by atoms with Crippen LogP contribution in [0.1, 0.15) is 39.9 Å². The molecule has 4 aromatic rings. The summed E-state index contributed by atoms with van der Waals surface area (Å²) in [6.45, 7) is 7.11. The fourth-order valence-corrected chi connectivity index (χ4v) is 9.41. The number of phenolic OH excluding ortho intramolecular Hbond substituents is 1. The normalized spacial score (nSPS) is 23.1. The first-order chi connectivity index (χ1) is 26.6. The van der Waals surface area contributed by atoms with E-state index in [1.54, 1.807) is 50.2 Å². The predicted octanol–water partition coefficient (Wildman–Crippen LogP) is 3.65. The highest BCUT2D eigenvalue weighted by Gasteiger charge is 2.51. The van der Waals surface area contributed by atoms with Crippen molar-refractivity contribution in [2.45, 2.75) is 50.5 Å². The first-order valence-electron chi connectivity index (χ1n) is 19.3. The third-order valence-corrected chi connectivity index (χ3v) is 11.9. The lowest BCUT2D eigenvalue weighted by atomic mass is 9.97. The van der Waals surface area contributed by atoms with Crippen molar-refractivity contribution in [2.75, 3.05) is 46.3 Å². The van der Waals surface area contributed by atoms with Crippen molar-refractivity contribution in [3.8, 4) is 5.75 Å². The van der Waals surface area contributed by atoms with Gasteiger partial charge in [-0.25, -0.2) is 10.0 Å². The molecule has 5 heterocycles. The van der Waals surface area contributed by atoms with Crippen LogP contribution in [-0.4, -0.2) is 127 Å². The minimum Gasteiger partial charge on any atom is -0.508 e. The average molecular weight is 744 g/mol. The van der Waals surface area contributed by atoms with E-state index in [0.29, 0.717) is 17.9 Å². The van der Waals surface area contributed by atoms with E-state index in [-0.39, 0.29) is 74.4 Å². The SMILES string of the molecule is C=CCN1CC(=O)N2[C@@H](Cc3ccc(O)cc3)C(=O)N(Cc3cccc4c(C(=O)N5CCC6CN(C)CC65)cn(C)c34)C[C@@H]2N1C(=O)CCc1ccccc1. The number of aromatic hydroxyl groups is 1. The Labute approximate surface area is 321 Å². The lowest BCUT2D eigenvalue weighted by Crippen LogP contribution is -2.75. The van der Waals surface area contributed by atoms with E-state index in [4.69, 9.17) is 0 Å². The average Bonchev–Trinajstić information content (AvgIpc) is 3.85. The molecule has 0 spiro atoms. The van der Waals surface area contributed by atoms with E-state index in [9.17, 15) is 24.3 Å². The highest BCUT2D eigenvalue weighted by molar-refractivity contribution is 6.08. The van der Waals surface area contributed by atoms with E-state index in [1.165, 1.54) is 0 Å². The van der Waals surface area contributed by atoms with Crippen LogP contribution in [0, 0.1) is 5.92 Å². The lowest BCUT2D eigenvalue weighted by molar-refractivity contribution is -0.205. The zero-order chi connectivity index (χ0) is 38.4. The van der Waals surface area contributed by atoms with Crippen LogP contribution < -0.4 is 0 Å². The summed E-state index contributed by atoms with van der Waals surface area (Å²) >= 11 is 0. The molecule has 1 aromatic heterocycles. The Balaban J connectivity index is 1.13. The summed E-state index contributed by atoms with van der Waals surface area (Å²) in [5.41, 5.74) is 4.22. The molecule has 0 saturated carbocycles. The number of phenols is 1. The number of hydrogen-bond acceptors (Lipinski definition) is 7. The maximum Gasteiger partial charge on any atom is 0.256 e. The number of aryl methyl sites for hydroxylation is 2. The number of para-hydroxylation sites is 1. The van der Waals surface area contributed by atoms with Crippen LogP contribution in [-0.2, 0) is 40.8 Å². The monoisotopic (exact) mass is 743 g/mol. The van der Waals surface area contributed by atoms with Gasteiger partial charge in [0.25, 0.3) is 5.91 Å². The van der Waals surface area contributed by atoms with Gasteiger partial charge in [-0.15, -0.1) is 6.58 Å². The molecule has 4 saturated heterocycles. The molecule has 55 heavy (non-hydrogen) atoms. The fraction of sp³-hybridized carbons (Fsp3) is 0.395. The number of likely N-dealkylation sites (N-methyl/N-ethyl adjacent to an activating group) is 1. The molecule has 286 valence electrons. The number of likely N-dealkylation sites (tertiary alicyclic amines) is 2. The number of aromatic nitrogens is 1. The molecule has 4 aliphatic rings. The minimum absolute atomic E-state index is 0.0388. The number of amides is 4. The second-order valence-electron chi connectivity index (χ2n) is 15.5. The molecule has 0 aliphatic carbocycles. The minimum atomic E-state index is -0.886. The zero-order valence-electron chi connectivity index (χ0n) is 31.6. The van der Waals surface area contributed by atoms with E-state index in [0.717, 1.165) is 53.6 Å². The smallest absolute Gasteiger partial charge is 0.256 e. The highest BCUT2D eigenvalue weighted by atomic mass is 16.3. The van der Waals surface area contributed by atoms with Crippen molar-refractivity contribution in [2.24, 2.45) is 13.0 Å². The van der Waals surface area contributed by atoms with Gasteiger partial charge in [0, 0.05) is 70.2 Å². The number of carbonyl (C=O) groups is 4. The molecule has 0 bridgehead atoms. The first kappa shape index (κ1) is 36.5. The summed E-state index contributed by atoms with van der Waals surface area (Å²) in [4.78, 5) is 64.9. The molecule has 4 aliphatic heterocycles. The van der Waals surface area contributed by atoms with E-state index in [1.807, 2.05) is 71.2 Å². The molecule has 0 radical (unpaired) electrons. The summed E-state index contributed by atoms with van der Waals surface area (Å²) in [5, 5.41) is 14.3. The van der Waals surface area contributed by atoms with Gasteiger partial charge in [0.1, 0.15) is 18.0 Å². The van der Waals surface area contributed by atoms with Gasteiger partial charge in [-0.2, -0.15) is 0 Å². The Morgan fingerprint density at radius 3 is 2.47 bits per heavy atom. The predicted molar refractivity (Wildman–Crippen MR) is 208 cm³/mol. The summed E-state index contributed by atoms with van der Waals surface area (Å²) in [7, 11) is 4.05. The summed E-state index contributed by atoms with van der Waals surface area (Å²) < 4.78 is 1.98. The maximum absolute atomic E-state index is 14.7. The molecule has 4 fully saturated rings. The van der Waals surface area contributed by atoms with Crippen molar-refractivity contribution in [1.82, 2.24) is 34.2 Å². The Morgan fingerprint density at radius 2 is 1.71 bits per heavy atom. The zero-order valence-corrected chi connectivity index (χ0v) is 31.6. The standard InChI is InChI=1S/C43H49N7O5/c1-4-20-47-28-40(53)49-36(22-30-13-16-33(51)17-14-30)43(55)46(27-38(49)50(47)39(52)18-15-29-9-6-5-7-10-29)24-32-11-8-12-34-35(25-45(3)41(32)34)42(54)48-21-19-31-23-44(2)26-37(31)48/h4-14,16-17,25,31,36-38,51H,1,15,18-24,26-28H2,2-3H3/t31?,36-,37?,38-/m0/s1. The third-order valence-electron chi connectivity index (χ3n) is 11.9. The van der Waals surface area contributed by atoms with Crippen molar-refractivity contribution < 1.29 is 24.3 Å². The van der Waals surface area contributed by atoms with E-state index >= 15 is 0 Å². The number of benzene rings is 3. The maximum atomic E-state index is 14.7. The second kappa shape index (κ2) is 15.0.